The molecule has 0 saturated carbocycles. The number of hydrogen-bond acceptors (Lipinski definition) is 2. The number of rotatable bonds is 17. The predicted molar refractivity (Wildman–Crippen MR) is 110 cm³/mol. The van der Waals surface area contributed by atoms with Crippen molar-refractivity contribution < 1.29 is 14.7 Å². The molecule has 0 aromatic carbocycles. The van der Waals surface area contributed by atoms with Gasteiger partial charge in [0.2, 0.25) is 5.91 Å². The maximum atomic E-state index is 11.7. The van der Waals surface area contributed by atoms with Gasteiger partial charge < -0.3 is 10.0 Å². The van der Waals surface area contributed by atoms with E-state index in [-0.39, 0.29) is 63.8 Å². The Balaban J connectivity index is 0. The standard InChI is InChI=1S/C21H39NO3.K/c1-3-4-5-6-7-8-9-10-11-12-13-14-15-16-17-18-20(23)22(2)19-21(24)25;/h10-11H,3-9,12-19H2,1-2H3,(H,24,25);/b11-10-;. The third-order valence-electron chi connectivity index (χ3n) is 4.45. The average Bonchev–Trinajstić information content (AvgIpc) is 2.57. The summed E-state index contributed by atoms with van der Waals surface area (Å²) in [7, 11) is 1.55. The van der Waals surface area contributed by atoms with Crippen LogP contribution >= 0.6 is 0 Å². The van der Waals surface area contributed by atoms with E-state index in [9.17, 15) is 9.59 Å². The van der Waals surface area contributed by atoms with Crippen LogP contribution in [0.1, 0.15) is 96.8 Å². The zero-order valence-electron chi connectivity index (χ0n) is 17.5. The van der Waals surface area contributed by atoms with Crippen molar-refractivity contribution in [2.24, 2.45) is 0 Å². The molecule has 1 radical (unpaired) electrons. The SMILES string of the molecule is CCCCCCCC/C=C\CCCCCCCC(=O)N(C)CC(=O)O.[K]. The van der Waals surface area contributed by atoms with E-state index >= 15 is 0 Å². The Hall–Kier alpha value is 0.316. The third kappa shape index (κ3) is 20.6. The Morgan fingerprint density at radius 3 is 1.77 bits per heavy atom. The van der Waals surface area contributed by atoms with Crippen LogP contribution in [0.3, 0.4) is 0 Å². The topological polar surface area (TPSA) is 57.6 Å². The number of hydrogen-bond donors (Lipinski definition) is 1. The number of nitrogens with zero attached hydrogens (tertiary/aromatic N) is 1. The van der Waals surface area contributed by atoms with E-state index in [1.165, 1.54) is 62.7 Å². The fraction of sp³-hybridized carbons (Fsp3) is 0.810. The molecule has 0 saturated heterocycles. The number of aliphatic carboxylic acids is 1. The molecule has 0 spiro atoms. The smallest absolute Gasteiger partial charge is 0.323 e. The first-order valence-electron chi connectivity index (χ1n) is 10.2. The summed E-state index contributed by atoms with van der Waals surface area (Å²) in [6, 6.07) is 0. The van der Waals surface area contributed by atoms with E-state index in [0.717, 1.165) is 25.7 Å². The molecule has 147 valence electrons. The second-order valence-corrected chi connectivity index (χ2v) is 6.98. The molecule has 0 heterocycles. The Kier molecular flexibility index (Phi) is 23.7. The molecule has 26 heavy (non-hydrogen) atoms. The molecule has 0 aliphatic rings. The van der Waals surface area contributed by atoms with E-state index in [1.54, 1.807) is 7.05 Å². The number of likely N-dealkylation sites (N-methyl/N-ethyl adjacent to an activating group) is 1. The van der Waals surface area contributed by atoms with Crippen molar-refractivity contribution in [3.63, 3.8) is 0 Å². The summed E-state index contributed by atoms with van der Waals surface area (Å²) >= 11 is 0. The first-order valence-corrected chi connectivity index (χ1v) is 10.2. The van der Waals surface area contributed by atoms with Crippen LogP contribution in [0.4, 0.5) is 0 Å². The monoisotopic (exact) mass is 392 g/mol. The van der Waals surface area contributed by atoms with E-state index < -0.39 is 5.97 Å². The molecule has 0 aliphatic heterocycles. The predicted octanol–water partition coefficient (Wildman–Crippen LogP) is 5.19. The number of allylic oxidation sites excluding steroid dienone is 2. The van der Waals surface area contributed by atoms with Gasteiger partial charge in [0.05, 0.1) is 0 Å². The molecule has 1 amide bonds. The maximum Gasteiger partial charge on any atom is 0.323 e. The summed E-state index contributed by atoms with van der Waals surface area (Å²) < 4.78 is 0. The van der Waals surface area contributed by atoms with Gasteiger partial charge in [-0.25, -0.2) is 0 Å². The summed E-state index contributed by atoms with van der Waals surface area (Å²) in [5.41, 5.74) is 0. The van der Waals surface area contributed by atoms with Gasteiger partial charge in [-0.05, 0) is 32.1 Å². The molecule has 0 aliphatic carbocycles. The minimum Gasteiger partial charge on any atom is -0.480 e. The summed E-state index contributed by atoms with van der Waals surface area (Å²) in [6.07, 6.45) is 21.1. The van der Waals surface area contributed by atoms with Crippen LogP contribution in [0.15, 0.2) is 12.2 Å². The first kappa shape index (κ1) is 28.5. The van der Waals surface area contributed by atoms with Gasteiger partial charge >= 0.3 is 5.97 Å². The van der Waals surface area contributed by atoms with Crippen LogP contribution in [0.2, 0.25) is 0 Å². The van der Waals surface area contributed by atoms with Crippen LogP contribution in [-0.2, 0) is 9.59 Å². The molecule has 0 rings (SSSR count). The summed E-state index contributed by atoms with van der Waals surface area (Å²) in [5, 5.41) is 8.64. The Labute approximate surface area is 203 Å². The van der Waals surface area contributed by atoms with Crippen LogP contribution in [0, 0.1) is 0 Å². The normalized spacial score (nSPS) is 10.7. The van der Waals surface area contributed by atoms with Crippen molar-refractivity contribution in [3.8, 4) is 0 Å². The number of carboxylic acid groups (broad SMARTS) is 1. The molecule has 4 nitrogen and oxygen atoms in total. The molecular weight excluding hydrogens is 353 g/mol. The zero-order chi connectivity index (χ0) is 18.8. The van der Waals surface area contributed by atoms with Crippen LogP contribution in [0.5, 0.6) is 0 Å². The molecule has 0 unspecified atom stereocenters. The number of carboxylic acids is 1. The molecule has 0 aromatic heterocycles. The Bertz CT molecular complexity index is 372. The first-order chi connectivity index (χ1) is 12.1. The van der Waals surface area contributed by atoms with Gasteiger partial charge in [-0.3, -0.25) is 9.59 Å². The van der Waals surface area contributed by atoms with Gasteiger partial charge in [-0.2, -0.15) is 0 Å². The number of carbonyl (C=O) groups is 2. The Morgan fingerprint density at radius 1 is 0.808 bits per heavy atom. The van der Waals surface area contributed by atoms with Crippen molar-refractivity contribution in [2.75, 3.05) is 13.6 Å². The van der Waals surface area contributed by atoms with E-state index in [2.05, 4.69) is 19.1 Å². The number of carbonyl (C=O) groups excluding carboxylic acids is 1. The Morgan fingerprint density at radius 2 is 1.27 bits per heavy atom. The van der Waals surface area contributed by atoms with Gasteiger partial charge in [0.1, 0.15) is 6.54 Å². The minimum absolute atomic E-state index is 0. The third-order valence-corrected chi connectivity index (χ3v) is 4.45. The zero-order valence-corrected chi connectivity index (χ0v) is 20.6. The van der Waals surface area contributed by atoms with E-state index in [4.69, 9.17) is 5.11 Å². The minimum atomic E-state index is -0.958. The van der Waals surface area contributed by atoms with E-state index in [1.807, 2.05) is 0 Å². The van der Waals surface area contributed by atoms with Gasteiger partial charge in [0, 0.05) is 64.9 Å². The molecular formula is C21H39KNO3. The summed E-state index contributed by atoms with van der Waals surface area (Å²) in [4.78, 5) is 23.5. The van der Waals surface area contributed by atoms with Crippen LogP contribution < -0.4 is 0 Å². The number of amides is 1. The second-order valence-electron chi connectivity index (χ2n) is 6.98. The largest absolute Gasteiger partial charge is 0.480 e. The van der Waals surface area contributed by atoms with Crippen molar-refractivity contribution in [2.45, 2.75) is 96.8 Å². The molecule has 0 bridgehead atoms. The molecule has 0 fully saturated rings. The summed E-state index contributed by atoms with van der Waals surface area (Å²) in [5.74, 6) is -1.03. The van der Waals surface area contributed by atoms with Crippen LogP contribution in [0.25, 0.3) is 0 Å². The van der Waals surface area contributed by atoms with Crippen molar-refractivity contribution in [1.82, 2.24) is 4.90 Å². The fourth-order valence-corrected chi connectivity index (χ4v) is 2.83. The van der Waals surface area contributed by atoms with Crippen molar-refractivity contribution in [1.29, 1.82) is 0 Å². The van der Waals surface area contributed by atoms with Crippen LogP contribution in [-0.4, -0.2) is 86.9 Å². The van der Waals surface area contributed by atoms with E-state index in [0.29, 0.717) is 6.42 Å². The molecule has 0 atom stereocenters. The van der Waals surface area contributed by atoms with Gasteiger partial charge in [-0.15, -0.1) is 0 Å². The average molecular weight is 393 g/mol. The fourth-order valence-electron chi connectivity index (χ4n) is 2.83. The molecule has 0 aromatic rings. The van der Waals surface area contributed by atoms with Crippen molar-refractivity contribution in [3.05, 3.63) is 12.2 Å². The summed E-state index contributed by atoms with van der Waals surface area (Å²) in [6.45, 7) is 2.05. The van der Waals surface area contributed by atoms with Gasteiger partial charge in [-0.1, -0.05) is 70.4 Å². The van der Waals surface area contributed by atoms with Gasteiger partial charge in [0.25, 0.3) is 0 Å². The maximum absolute atomic E-state index is 11.7. The molecule has 5 heteroatoms. The van der Waals surface area contributed by atoms with Gasteiger partial charge in [0.15, 0.2) is 0 Å². The quantitative estimate of drug-likeness (QED) is 0.211. The molecule has 1 N–H and O–H groups in total. The van der Waals surface area contributed by atoms with Crippen molar-refractivity contribution >= 4 is 63.3 Å². The second kappa shape index (κ2) is 21.6. The number of unbranched alkanes of at least 4 members (excludes halogenated alkanes) is 11.